The van der Waals surface area contributed by atoms with Gasteiger partial charge in [-0.3, -0.25) is 0 Å². The van der Waals surface area contributed by atoms with Gasteiger partial charge < -0.3 is 9.67 Å². The quantitative estimate of drug-likeness (QED) is 0.774. The Balaban J connectivity index is 2.69. The molecule has 0 atom stereocenters. The van der Waals surface area contributed by atoms with Crippen LogP contribution >= 0.6 is 43.5 Å². The Morgan fingerprint density at radius 1 is 1.32 bits per heavy atom. The molecule has 0 aliphatic heterocycles. The SMILES string of the molecule is CCn1c(C(=O)O)ccc1-c1c(Br)cc(Cl)cc1Br. The minimum Gasteiger partial charge on any atom is -0.477 e. The summed E-state index contributed by atoms with van der Waals surface area (Å²) in [5.41, 5.74) is 1.99. The standard InChI is InChI=1S/C13H10Br2ClNO2/c1-2-17-10(3-4-11(17)13(18)19)12-8(14)5-7(16)6-9(12)15/h3-6H,2H2,1H3,(H,18,19). The van der Waals surface area contributed by atoms with Gasteiger partial charge in [0.15, 0.2) is 0 Å². The van der Waals surface area contributed by atoms with Crippen molar-refractivity contribution in [1.29, 1.82) is 0 Å². The number of hydrogen-bond donors (Lipinski definition) is 1. The second kappa shape index (κ2) is 5.69. The number of hydrogen-bond acceptors (Lipinski definition) is 1. The fourth-order valence-corrected chi connectivity index (χ4v) is 4.07. The van der Waals surface area contributed by atoms with Gasteiger partial charge in [-0.15, -0.1) is 0 Å². The van der Waals surface area contributed by atoms with E-state index in [0.29, 0.717) is 11.6 Å². The van der Waals surface area contributed by atoms with Crippen LogP contribution in [0.3, 0.4) is 0 Å². The first-order chi connectivity index (χ1) is 8.95. The van der Waals surface area contributed by atoms with Crippen molar-refractivity contribution in [3.05, 3.63) is 43.9 Å². The van der Waals surface area contributed by atoms with Gasteiger partial charge in [0.1, 0.15) is 5.69 Å². The molecular formula is C13H10Br2ClNO2. The van der Waals surface area contributed by atoms with Gasteiger partial charge in [-0.1, -0.05) is 43.5 Å². The van der Waals surface area contributed by atoms with Crippen molar-refractivity contribution in [2.75, 3.05) is 0 Å². The van der Waals surface area contributed by atoms with Gasteiger partial charge in [0, 0.05) is 26.1 Å². The Hall–Kier alpha value is -0.780. The number of carboxylic acids is 1. The van der Waals surface area contributed by atoms with E-state index in [-0.39, 0.29) is 5.69 Å². The molecule has 2 rings (SSSR count). The van der Waals surface area contributed by atoms with E-state index in [1.54, 1.807) is 28.8 Å². The molecule has 0 saturated heterocycles. The molecule has 1 aromatic heterocycles. The molecule has 0 bridgehead atoms. The van der Waals surface area contributed by atoms with Crippen LogP contribution in [0.5, 0.6) is 0 Å². The smallest absolute Gasteiger partial charge is 0.352 e. The van der Waals surface area contributed by atoms with E-state index < -0.39 is 5.97 Å². The molecule has 6 heteroatoms. The summed E-state index contributed by atoms with van der Waals surface area (Å²) in [4.78, 5) is 11.2. The fraction of sp³-hybridized carbons (Fsp3) is 0.154. The zero-order valence-corrected chi connectivity index (χ0v) is 13.9. The number of halogens is 3. The third kappa shape index (κ3) is 2.73. The first-order valence-corrected chi connectivity index (χ1v) is 7.49. The van der Waals surface area contributed by atoms with Crippen LogP contribution in [0.15, 0.2) is 33.2 Å². The Bertz CT molecular complexity index is 629. The molecule has 100 valence electrons. The lowest BCUT2D eigenvalue weighted by atomic mass is 10.1. The molecule has 0 unspecified atom stereocenters. The largest absolute Gasteiger partial charge is 0.477 e. The number of nitrogens with zero attached hydrogens (tertiary/aromatic N) is 1. The summed E-state index contributed by atoms with van der Waals surface area (Å²) >= 11 is 12.9. The van der Waals surface area contributed by atoms with E-state index in [1.807, 2.05) is 6.92 Å². The molecule has 0 spiro atoms. The molecule has 0 amide bonds. The minimum atomic E-state index is -0.936. The van der Waals surface area contributed by atoms with Crippen molar-refractivity contribution in [2.45, 2.75) is 13.5 Å². The van der Waals surface area contributed by atoms with Crippen molar-refractivity contribution in [2.24, 2.45) is 0 Å². The molecule has 0 aliphatic rings. The highest BCUT2D eigenvalue weighted by molar-refractivity contribution is 9.11. The summed E-state index contributed by atoms with van der Waals surface area (Å²) in [6.07, 6.45) is 0. The van der Waals surface area contributed by atoms with E-state index in [4.69, 9.17) is 11.6 Å². The maximum absolute atomic E-state index is 11.2. The van der Waals surface area contributed by atoms with Gasteiger partial charge in [-0.25, -0.2) is 4.79 Å². The lowest BCUT2D eigenvalue weighted by Gasteiger charge is -2.12. The number of aromatic nitrogens is 1. The fourth-order valence-electron chi connectivity index (χ4n) is 2.00. The third-order valence-corrected chi connectivity index (χ3v) is 4.25. The lowest BCUT2D eigenvalue weighted by Crippen LogP contribution is -2.08. The first-order valence-electron chi connectivity index (χ1n) is 5.53. The number of benzene rings is 1. The molecule has 3 nitrogen and oxygen atoms in total. The highest BCUT2D eigenvalue weighted by Gasteiger charge is 2.18. The van der Waals surface area contributed by atoms with Crippen LogP contribution in [-0.2, 0) is 6.54 Å². The average Bonchev–Trinajstić information content (AvgIpc) is 2.71. The maximum Gasteiger partial charge on any atom is 0.352 e. The number of carbonyl (C=O) groups is 1. The van der Waals surface area contributed by atoms with Crippen LogP contribution in [0.25, 0.3) is 11.3 Å². The zero-order valence-electron chi connectivity index (χ0n) is 9.95. The van der Waals surface area contributed by atoms with Crippen molar-refractivity contribution in [3.63, 3.8) is 0 Å². The van der Waals surface area contributed by atoms with Crippen molar-refractivity contribution in [1.82, 2.24) is 4.57 Å². The second-order valence-corrected chi connectivity index (χ2v) is 6.04. The van der Waals surface area contributed by atoms with Gasteiger partial charge in [0.05, 0.1) is 5.69 Å². The van der Waals surface area contributed by atoms with Crippen LogP contribution in [0.2, 0.25) is 5.02 Å². The molecule has 1 heterocycles. The van der Waals surface area contributed by atoms with Gasteiger partial charge in [-0.2, -0.15) is 0 Å². The van der Waals surface area contributed by atoms with Crippen LogP contribution < -0.4 is 0 Å². The van der Waals surface area contributed by atoms with Gasteiger partial charge in [-0.05, 0) is 31.2 Å². The topological polar surface area (TPSA) is 42.2 Å². The molecule has 0 aliphatic carbocycles. The molecule has 2 aromatic rings. The van der Waals surface area contributed by atoms with Crippen LogP contribution in [0.1, 0.15) is 17.4 Å². The van der Waals surface area contributed by atoms with E-state index in [2.05, 4.69) is 31.9 Å². The molecule has 1 aromatic carbocycles. The van der Waals surface area contributed by atoms with Gasteiger partial charge in [0.25, 0.3) is 0 Å². The highest BCUT2D eigenvalue weighted by Crippen LogP contribution is 2.38. The van der Waals surface area contributed by atoms with E-state index in [9.17, 15) is 9.90 Å². The third-order valence-electron chi connectivity index (χ3n) is 2.78. The molecule has 1 N–H and O–H groups in total. The van der Waals surface area contributed by atoms with Crippen molar-refractivity contribution < 1.29 is 9.90 Å². The normalized spacial score (nSPS) is 10.7. The Morgan fingerprint density at radius 3 is 2.37 bits per heavy atom. The summed E-state index contributed by atoms with van der Waals surface area (Å²) in [6.45, 7) is 2.49. The summed E-state index contributed by atoms with van der Waals surface area (Å²) in [5, 5.41) is 9.78. The predicted molar refractivity (Wildman–Crippen MR) is 82.9 cm³/mol. The zero-order chi connectivity index (χ0) is 14.2. The number of carboxylic acid groups (broad SMARTS) is 1. The van der Waals surface area contributed by atoms with Gasteiger partial charge >= 0.3 is 5.97 Å². The second-order valence-electron chi connectivity index (χ2n) is 3.90. The highest BCUT2D eigenvalue weighted by atomic mass is 79.9. The Kier molecular flexibility index (Phi) is 4.38. The summed E-state index contributed by atoms with van der Waals surface area (Å²) in [7, 11) is 0. The van der Waals surface area contributed by atoms with Crippen LogP contribution in [0, 0.1) is 0 Å². The summed E-state index contributed by atoms with van der Waals surface area (Å²) < 4.78 is 3.38. The van der Waals surface area contributed by atoms with Crippen molar-refractivity contribution in [3.8, 4) is 11.3 Å². The van der Waals surface area contributed by atoms with E-state index in [0.717, 1.165) is 20.2 Å². The molecule has 19 heavy (non-hydrogen) atoms. The maximum atomic E-state index is 11.2. The molecule has 0 fully saturated rings. The lowest BCUT2D eigenvalue weighted by molar-refractivity contribution is 0.0685. The number of aromatic carboxylic acids is 1. The number of rotatable bonds is 3. The summed E-state index contributed by atoms with van der Waals surface area (Å²) in [6, 6.07) is 6.98. The van der Waals surface area contributed by atoms with E-state index >= 15 is 0 Å². The Morgan fingerprint density at radius 2 is 1.89 bits per heavy atom. The van der Waals surface area contributed by atoms with Gasteiger partial charge in [0.2, 0.25) is 0 Å². The van der Waals surface area contributed by atoms with E-state index in [1.165, 1.54) is 0 Å². The summed E-state index contributed by atoms with van der Waals surface area (Å²) in [5.74, 6) is -0.936. The molecule has 0 saturated carbocycles. The van der Waals surface area contributed by atoms with Crippen molar-refractivity contribution >= 4 is 49.4 Å². The van der Waals surface area contributed by atoms with Crippen LogP contribution in [-0.4, -0.2) is 15.6 Å². The first kappa shape index (κ1) is 14.6. The average molecular weight is 407 g/mol. The minimum absolute atomic E-state index is 0.270. The molecule has 0 radical (unpaired) electrons. The van der Waals surface area contributed by atoms with Crippen LogP contribution in [0.4, 0.5) is 0 Å². The monoisotopic (exact) mass is 405 g/mol. The Labute approximate surface area is 132 Å². The predicted octanol–water partition coefficient (Wildman–Crippen LogP) is 5.05. The molecular weight excluding hydrogens is 397 g/mol.